The van der Waals surface area contributed by atoms with E-state index in [1.807, 2.05) is 0 Å². The summed E-state index contributed by atoms with van der Waals surface area (Å²) < 4.78 is 37.9. The van der Waals surface area contributed by atoms with Crippen LogP contribution in [0.15, 0.2) is 18.2 Å². The van der Waals surface area contributed by atoms with Crippen molar-refractivity contribution in [3.8, 4) is 0 Å². The summed E-state index contributed by atoms with van der Waals surface area (Å²) in [6.45, 7) is 2.35. The van der Waals surface area contributed by atoms with Crippen LogP contribution >= 0.6 is 0 Å². The molecule has 2 rings (SSSR count). The Labute approximate surface area is 105 Å². The van der Waals surface area contributed by atoms with Crippen molar-refractivity contribution >= 4 is 0 Å². The Hall–Kier alpha value is -1.03. The van der Waals surface area contributed by atoms with Crippen LogP contribution < -0.4 is 5.73 Å². The van der Waals surface area contributed by atoms with E-state index in [9.17, 15) is 13.2 Å². The summed E-state index contributed by atoms with van der Waals surface area (Å²) in [6, 6.07) is 4.10. The predicted octanol–water partition coefficient (Wildman–Crippen LogP) is 3.78. The van der Waals surface area contributed by atoms with Crippen LogP contribution in [0.1, 0.15) is 42.4 Å². The molecule has 1 nitrogen and oxygen atoms in total. The van der Waals surface area contributed by atoms with Crippen LogP contribution in [0.3, 0.4) is 0 Å². The SMILES string of the molecule is Cc1cc(C(F)(F)F)ccc1C1(CCN)CCC1. The van der Waals surface area contributed by atoms with Gasteiger partial charge in [0, 0.05) is 0 Å². The molecular formula is C14H18F3N. The van der Waals surface area contributed by atoms with Gasteiger partial charge in [-0.25, -0.2) is 0 Å². The smallest absolute Gasteiger partial charge is 0.330 e. The van der Waals surface area contributed by atoms with E-state index in [0.29, 0.717) is 6.54 Å². The molecule has 0 unspecified atom stereocenters. The third-order valence-electron chi connectivity index (χ3n) is 4.06. The van der Waals surface area contributed by atoms with Crippen molar-refractivity contribution in [1.82, 2.24) is 0 Å². The third kappa shape index (κ3) is 2.26. The first-order valence-electron chi connectivity index (χ1n) is 6.27. The van der Waals surface area contributed by atoms with Gasteiger partial charge in [0.1, 0.15) is 0 Å². The van der Waals surface area contributed by atoms with Gasteiger partial charge in [0.2, 0.25) is 0 Å². The fourth-order valence-corrected chi connectivity index (χ4v) is 2.97. The maximum absolute atomic E-state index is 12.6. The van der Waals surface area contributed by atoms with Gasteiger partial charge in [0.15, 0.2) is 0 Å². The average molecular weight is 257 g/mol. The van der Waals surface area contributed by atoms with Gasteiger partial charge in [-0.1, -0.05) is 12.5 Å². The summed E-state index contributed by atoms with van der Waals surface area (Å²) in [4.78, 5) is 0. The predicted molar refractivity (Wildman–Crippen MR) is 65.4 cm³/mol. The lowest BCUT2D eigenvalue weighted by Crippen LogP contribution is -2.37. The summed E-state index contributed by atoms with van der Waals surface area (Å²) in [7, 11) is 0. The van der Waals surface area contributed by atoms with Crippen molar-refractivity contribution in [3.05, 3.63) is 34.9 Å². The number of hydrogen-bond donors (Lipinski definition) is 1. The van der Waals surface area contributed by atoms with Gasteiger partial charge < -0.3 is 5.73 Å². The number of alkyl halides is 3. The molecule has 0 spiro atoms. The van der Waals surface area contributed by atoms with Crippen LogP contribution in [0.2, 0.25) is 0 Å². The Morgan fingerprint density at radius 2 is 1.94 bits per heavy atom. The fourth-order valence-electron chi connectivity index (χ4n) is 2.97. The molecular weight excluding hydrogens is 239 g/mol. The molecule has 1 fully saturated rings. The molecule has 1 aromatic carbocycles. The Kier molecular flexibility index (Phi) is 3.41. The van der Waals surface area contributed by atoms with Gasteiger partial charge in [-0.15, -0.1) is 0 Å². The first-order chi connectivity index (χ1) is 8.39. The molecule has 1 aliphatic carbocycles. The molecule has 0 saturated heterocycles. The van der Waals surface area contributed by atoms with Gasteiger partial charge in [-0.3, -0.25) is 0 Å². The molecule has 4 heteroatoms. The van der Waals surface area contributed by atoms with Gasteiger partial charge in [0.05, 0.1) is 5.56 Å². The second-order valence-electron chi connectivity index (χ2n) is 5.20. The van der Waals surface area contributed by atoms with Crippen molar-refractivity contribution in [2.24, 2.45) is 5.73 Å². The first kappa shape index (κ1) is 13.4. The second-order valence-corrected chi connectivity index (χ2v) is 5.20. The molecule has 1 aliphatic rings. The lowest BCUT2D eigenvalue weighted by atomic mass is 9.61. The molecule has 0 amide bonds. The van der Waals surface area contributed by atoms with E-state index in [2.05, 4.69) is 0 Å². The molecule has 0 radical (unpaired) electrons. The molecule has 1 aromatic rings. The molecule has 2 N–H and O–H groups in total. The number of benzene rings is 1. The molecule has 0 bridgehead atoms. The van der Waals surface area contributed by atoms with Crippen LogP contribution in [-0.4, -0.2) is 6.54 Å². The van der Waals surface area contributed by atoms with Crippen molar-refractivity contribution in [2.75, 3.05) is 6.54 Å². The van der Waals surface area contributed by atoms with Crippen molar-refractivity contribution < 1.29 is 13.2 Å². The lowest BCUT2D eigenvalue weighted by molar-refractivity contribution is -0.137. The summed E-state index contributed by atoms with van der Waals surface area (Å²) in [5.41, 5.74) is 6.88. The molecule has 1 saturated carbocycles. The van der Waals surface area contributed by atoms with E-state index in [1.165, 1.54) is 12.1 Å². The van der Waals surface area contributed by atoms with Gasteiger partial charge in [-0.05, 0) is 61.4 Å². The molecule has 18 heavy (non-hydrogen) atoms. The number of aryl methyl sites for hydroxylation is 1. The van der Waals surface area contributed by atoms with Gasteiger partial charge in [-0.2, -0.15) is 13.2 Å². The van der Waals surface area contributed by atoms with Crippen LogP contribution in [0.25, 0.3) is 0 Å². The average Bonchev–Trinajstić information content (AvgIpc) is 2.22. The first-order valence-corrected chi connectivity index (χ1v) is 6.27. The minimum absolute atomic E-state index is 0.0307. The Morgan fingerprint density at radius 1 is 1.28 bits per heavy atom. The number of rotatable bonds is 3. The number of halogens is 3. The molecule has 0 heterocycles. The minimum Gasteiger partial charge on any atom is -0.330 e. The molecule has 0 atom stereocenters. The Morgan fingerprint density at radius 3 is 2.33 bits per heavy atom. The maximum atomic E-state index is 12.6. The highest BCUT2D eigenvalue weighted by Gasteiger charge is 2.39. The third-order valence-corrected chi connectivity index (χ3v) is 4.06. The summed E-state index contributed by atoms with van der Waals surface area (Å²) in [6.07, 6.45) is -0.184. The van der Waals surface area contributed by atoms with E-state index in [-0.39, 0.29) is 5.41 Å². The Balaban J connectivity index is 2.35. The highest BCUT2D eigenvalue weighted by Crippen LogP contribution is 2.47. The second kappa shape index (κ2) is 4.57. The van der Waals surface area contributed by atoms with E-state index in [0.717, 1.165) is 36.8 Å². The zero-order chi connectivity index (χ0) is 13.4. The highest BCUT2D eigenvalue weighted by molar-refractivity contribution is 5.39. The Bertz CT molecular complexity index is 433. The van der Waals surface area contributed by atoms with Crippen molar-refractivity contribution in [1.29, 1.82) is 0 Å². The van der Waals surface area contributed by atoms with E-state index < -0.39 is 11.7 Å². The van der Waals surface area contributed by atoms with Gasteiger partial charge >= 0.3 is 6.18 Å². The summed E-state index contributed by atoms with van der Waals surface area (Å²) in [5.74, 6) is 0. The summed E-state index contributed by atoms with van der Waals surface area (Å²) in [5, 5.41) is 0. The van der Waals surface area contributed by atoms with E-state index in [1.54, 1.807) is 13.0 Å². The zero-order valence-electron chi connectivity index (χ0n) is 10.5. The monoisotopic (exact) mass is 257 g/mol. The molecule has 0 aromatic heterocycles. The van der Waals surface area contributed by atoms with E-state index in [4.69, 9.17) is 5.73 Å². The van der Waals surface area contributed by atoms with E-state index >= 15 is 0 Å². The lowest BCUT2D eigenvalue weighted by Gasteiger charge is -2.43. The van der Waals surface area contributed by atoms with Crippen molar-refractivity contribution in [3.63, 3.8) is 0 Å². The normalized spacial score (nSPS) is 18.5. The van der Waals surface area contributed by atoms with Crippen LogP contribution in [0.5, 0.6) is 0 Å². The number of nitrogens with two attached hydrogens (primary N) is 1. The van der Waals surface area contributed by atoms with Crippen LogP contribution in [-0.2, 0) is 11.6 Å². The minimum atomic E-state index is -4.26. The van der Waals surface area contributed by atoms with Crippen LogP contribution in [0, 0.1) is 6.92 Å². The summed E-state index contributed by atoms with van der Waals surface area (Å²) >= 11 is 0. The van der Waals surface area contributed by atoms with Crippen molar-refractivity contribution in [2.45, 2.75) is 44.2 Å². The maximum Gasteiger partial charge on any atom is 0.416 e. The largest absolute Gasteiger partial charge is 0.416 e. The van der Waals surface area contributed by atoms with Crippen LogP contribution in [0.4, 0.5) is 13.2 Å². The highest BCUT2D eigenvalue weighted by atomic mass is 19.4. The fraction of sp³-hybridized carbons (Fsp3) is 0.571. The molecule has 0 aliphatic heterocycles. The quantitative estimate of drug-likeness (QED) is 0.876. The topological polar surface area (TPSA) is 26.0 Å². The standard InChI is InChI=1S/C14H18F3N/c1-10-9-11(14(15,16)17)3-4-12(10)13(7-8-18)5-2-6-13/h3-4,9H,2,5-8,18H2,1H3. The molecule has 100 valence electrons. The number of hydrogen-bond acceptors (Lipinski definition) is 1. The zero-order valence-corrected chi connectivity index (χ0v) is 10.5. The van der Waals surface area contributed by atoms with Gasteiger partial charge in [0.25, 0.3) is 0 Å².